The number of amides is 1. The van der Waals surface area contributed by atoms with Gasteiger partial charge in [0.25, 0.3) is 5.91 Å². The van der Waals surface area contributed by atoms with E-state index in [2.05, 4.69) is 33.4 Å². The molecule has 0 aliphatic heterocycles. The zero-order valence-electron chi connectivity index (χ0n) is 14.1. The van der Waals surface area contributed by atoms with Crippen molar-refractivity contribution in [2.24, 2.45) is 0 Å². The third-order valence-corrected chi connectivity index (χ3v) is 4.62. The SMILES string of the molecule is CC(=O)c1ccc(NC(=O)[C@H](C)[NH+](C)Cc2ccc(Br)cc2)cc1. The minimum Gasteiger partial charge on any atom is -0.324 e. The number of Topliss-reactive ketones (excluding diaryl/α,β-unsaturated/α-hetero) is 1. The van der Waals surface area contributed by atoms with Crippen LogP contribution in [0.4, 0.5) is 5.69 Å². The Morgan fingerprint density at radius 2 is 1.67 bits per heavy atom. The van der Waals surface area contributed by atoms with Crippen LogP contribution in [0.15, 0.2) is 53.0 Å². The van der Waals surface area contributed by atoms with E-state index in [4.69, 9.17) is 0 Å². The van der Waals surface area contributed by atoms with Crippen molar-refractivity contribution >= 4 is 33.3 Å². The molecule has 1 unspecified atom stereocenters. The number of likely N-dealkylation sites (N-methyl/N-ethyl adjacent to an activating group) is 1. The molecule has 0 saturated heterocycles. The van der Waals surface area contributed by atoms with Crippen LogP contribution in [0.3, 0.4) is 0 Å². The molecular weight excluding hydrogens is 368 g/mol. The van der Waals surface area contributed by atoms with E-state index in [9.17, 15) is 9.59 Å². The van der Waals surface area contributed by atoms with Gasteiger partial charge in [-0.25, -0.2) is 0 Å². The van der Waals surface area contributed by atoms with Crippen LogP contribution in [0.5, 0.6) is 0 Å². The molecule has 2 aromatic carbocycles. The van der Waals surface area contributed by atoms with Gasteiger partial charge in [0.05, 0.1) is 7.05 Å². The lowest BCUT2D eigenvalue weighted by atomic mass is 10.1. The first-order valence-electron chi connectivity index (χ1n) is 7.85. The third kappa shape index (κ3) is 5.01. The van der Waals surface area contributed by atoms with Crippen LogP contribution in [0.25, 0.3) is 0 Å². The lowest BCUT2D eigenvalue weighted by Gasteiger charge is -2.21. The van der Waals surface area contributed by atoms with Gasteiger partial charge in [-0.1, -0.05) is 28.1 Å². The molecule has 2 rings (SSSR count). The summed E-state index contributed by atoms with van der Waals surface area (Å²) in [6.07, 6.45) is 0. The van der Waals surface area contributed by atoms with Gasteiger partial charge in [0.15, 0.2) is 11.8 Å². The maximum absolute atomic E-state index is 12.4. The van der Waals surface area contributed by atoms with Crippen molar-refractivity contribution in [3.63, 3.8) is 0 Å². The Morgan fingerprint density at radius 3 is 2.21 bits per heavy atom. The molecule has 2 atom stereocenters. The number of benzene rings is 2. The monoisotopic (exact) mass is 389 g/mol. The first-order chi connectivity index (χ1) is 11.4. The highest BCUT2D eigenvalue weighted by molar-refractivity contribution is 9.10. The molecule has 2 aromatic rings. The normalized spacial score (nSPS) is 13.2. The number of quaternary nitrogens is 1. The van der Waals surface area contributed by atoms with Gasteiger partial charge in [0.2, 0.25) is 0 Å². The average molecular weight is 390 g/mol. The third-order valence-electron chi connectivity index (χ3n) is 4.09. The second-order valence-corrected chi connectivity index (χ2v) is 6.91. The Hall–Kier alpha value is -1.98. The minimum absolute atomic E-state index is 0.0138. The first kappa shape index (κ1) is 18.4. The predicted octanol–water partition coefficient (Wildman–Crippen LogP) is 2.69. The van der Waals surface area contributed by atoms with Crippen molar-refractivity contribution in [2.45, 2.75) is 26.4 Å². The summed E-state index contributed by atoms with van der Waals surface area (Å²) in [7, 11) is 2.01. The van der Waals surface area contributed by atoms with Crippen molar-refractivity contribution in [2.75, 3.05) is 12.4 Å². The van der Waals surface area contributed by atoms with E-state index in [1.54, 1.807) is 24.3 Å². The fourth-order valence-corrected chi connectivity index (χ4v) is 2.60. The lowest BCUT2D eigenvalue weighted by Crippen LogP contribution is -3.12. The van der Waals surface area contributed by atoms with E-state index in [1.165, 1.54) is 12.5 Å². The van der Waals surface area contributed by atoms with Gasteiger partial charge in [-0.3, -0.25) is 9.59 Å². The Kier molecular flexibility index (Phi) is 6.29. The number of hydrogen-bond acceptors (Lipinski definition) is 2. The highest BCUT2D eigenvalue weighted by Gasteiger charge is 2.22. The van der Waals surface area contributed by atoms with Gasteiger partial charge in [-0.2, -0.15) is 0 Å². The van der Waals surface area contributed by atoms with Gasteiger partial charge >= 0.3 is 0 Å². The van der Waals surface area contributed by atoms with Gasteiger partial charge < -0.3 is 10.2 Å². The number of carbonyl (C=O) groups excluding carboxylic acids is 2. The molecule has 0 fully saturated rings. The number of nitrogens with one attached hydrogen (secondary N) is 2. The molecule has 24 heavy (non-hydrogen) atoms. The first-order valence-corrected chi connectivity index (χ1v) is 8.64. The number of carbonyl (C=O) groups is 2. The molecule has 5 heteroatoms. The Morgan fingerprint density at radius 1 is 1.08 bits per heavy atom. The fraction of sp³-hybridized carbons (Fsp3) is 0.263. The molecule has 4 nitrogen and oxygen atoms in total. The minimum atomic E-state index is -0.193. The van der Waals surface area contributed by atoms with Crippen LogP contribution in [0.1, 0.15) is 29.8 Å². The molecule has 0 bridgehead atoms. The highest BCUT2D eigenvalue weighted by atomic mass is 79.9. The van der Waals surface area contributed by atoms with Crippen LogP contribution in [-0.2, 0) is 11.3 Å². The van der Waals surface area contributed by atoms with Crippen molar-refractivity contribution in [1.82, 2.24) is 0 Å². The van der Waals surface area contributed by atoms with Crippen molar-refractivity contribution in [3.05, 3.63) is 64.1 Å². The summed E-state index contributed by atoms with van der Waals surface area (Å²) in [5.41, 5.74) is 2.52. The summed E-state index contributed by atoms with van der Waals surface area (Å²) >= 11 is 3.42. The van der Waals surface area contributed by atoms with Crippen LogP contribution in [0, 0.1) is 0 Å². The molecular formula is C19H22BrN2O2+. The maximum atomic E-state index is 12.4. The lowest BCUT2D eigenvalue weighted by molar-refractivity contribution is -0.907. The summed E-state index contributed by atoms with van der Waals surface area (Å²) in [5, 5.41) is 2.91. The van der Waals surface area contributed by atoms with E-state index in [-0.39, 0.29) is 17.7 Å². The molecule has 0 radical (unpaired) electrons. The second-order valence-electron chi connectivity index (χ2n) is 5.99. The molecule has 0 aliphatic rings. The molecule has 0 spiro atoms. The zero-order chi connectivity index (χ0) is 17.7. The van der Waals surface area contributed by atoms with Crippen LogP contribution in [-0.4, -0.2) is 24.8 Å². The molecule has 0 aliphatic carbocycles. The number of rotatable bonds is 6. The molecule has 1 amide bonds. The van der Waals surface area contributed by atoms with E-state index in [1.807, 2.05) is 26.1 Å². The summed E-state index contributed by atoms with van der Waals surface area (Å²) in [4.78, 5) is 24.8. The highest BCUT2D eigenvalue weighted by Crippen LogP contribution is 2.11. The Balaban J connectivity index is 1.95. The van der Waals surface area contributed by atoms with Crippen LogP contribution < -0.4 is 10.2 Å². The van der Waals surface area contributed by atoms with Gasteiger partial charge in [0.1, 0.15) is 6.54 Å². The summed E-state index contributed by atoms with van der Waals surface area (Å²) in [5.74, 6) is -0.0277. The van der Waals surface area contributed by atoms with Gasteiger partial charge in [-0.15, -0.1) is 0 Å². The van der Waals surface area contributed by atoms with Crippen molar-refractivity contribution in [3.8, 4) is 0 Å². The standard InChI is InChI=1S/C19H21BrN2O2/c1-13(22(3)12-15-4-8-17(20)9-5-15)19(24)21-18-10-6-16(7-11-18)14(2)23/h4-11,13H,12H2,1-3H3,(H,21,24)/p+1/t13-/m0/s1. The second kappa shape index (κ2) is 8.22. The zero-order valence-corrected chi connectivity index (χ0v) is 15.7. The largest absolute Gasteiger partial charge is 0.324 e. The van der Waals surface area contributed by atoms with E-state index < -0.39 is 0 Å². The predicted molar refractivity (Wildman–Crippen MR) is 99.3 cm³/mol. The van der Waals surface area contributed by atoms with E-state index in [0.717, 1.165) is 15.9 Å². The van der Waals surface area contributed by atoms with Crippen LogP contribution in [0.2, 0.25) is 0 Å². The fourth-order valence-electron chi connectivity index (χ4n) is 2.34. The molecule has 2 N–H and O–H groups in total. The van der Waals surface area contributed by atoms with Gasteiger partial charge in [-0.05, 0) is 50.2 Å². The molecule has 0 heterocycles. The Bertz CT molecular complexity index is 711. The van der Waals surface area contributed by atoms with Crippen molar-refractivity contribution < 1.29 is 14.5 Å². The average Bonchev–Trinajstić information content (AvgIpc) is 2.56. The van der Waals surface area contributed by atoms with E-state index >= 15 is 0 Å². The number of ketones is 1. The topological polar surface area (TPSA) is 50.6 Å². The summed E-state index contributed by atoms with van der Waals surface area (Å²) in [6, 6.07) is 14.9. The van der Waals surface area contributed by atoms with Crippen LogP contribution >= 0.6 is 15.9 Å². The number of hydrogen-bond donors (Lipinski definition) is 2. The smallest absolute Gasteiger partial charge is 0.282 e. The quantitative estimate of drug-likeness (QED) is 0.746. The Labute approximate surface area is 151 Å². The molecule has 126 valence electrons. The van der Waals surface area contributed by atoms with E-state index in [0.29, 0.717) is 11.3 Å². The molecule has 0 saturated carbocycles. The number of anilines is 1. The summed E-state index contributed by atoms with van der Waals surface area (Å²) in [6.45, 7) is 4.20. The molecule has 0 aromatic heterocycles. The number of halogens is 1. The van der Waals surface area contributed by atoms with Gasteiger partial charge in [0, 0.05) is 21.3 Å². The maximum Gasteiger partial charge on any atom is 0.282 e. The van der Waals surface area contributed by atoms with Crippen molar-refractivity contribution in [1.29, 1.82) is 0 Å². The summed E-state index contributed by atoms with van der Waals surface area (Å²) < 4.78 is 1.05.